The molecule has 8 nitrogen and oxygen atoms in total. The van der Waals surface area contributed by atoms with Gasteiger partial charge in [-0.2, -0.15) is 79.0 Å². The van der Waals surface area contributed by atoms with Gasteiger partial charge in [-0.15, -0.1) is 0 Å². The molecule has 1 amide bonds. The first-order valence-electron chi connectivity index (χ1n) is 20.8. The molecular formula is C49H29F20NO7. The number of furan rings is 3. The number of carbonyl (C=O) groups is 3. The predicted octanol–water partition coefficient (Wildman–Crippen LogP) is 16.9. The van der Waals surface area contributed by atoms with Gasteiger partial charge >= 0.3 is 43.0 Å². The first-order chi connectivity index (χ1) is 35.1. The number of Topliss-reactive ketones (excluding diaryl/α,β-unsaturated/α-hetero) is 1. The Kier molecular flexibility index (Phi) is 17.0. The molecule has 4 aromatic carbocycles. The summed E-state index contributed by atoms with van der Waals surface area (Å²) in [5.41, 5.74) is -10.5. The van der Waals surface area contributed by atoms with Crippen LogP contribution in [0.2, 0.25) is 0 Å². The molecule has 0 aliphatic carbocycles. The van der Waals surface area contributed by atoms with Gasteiger partial charge in [0.1, 0.15) is 28.9 Å². The van der Waals surface area contributed by atoms with Gasteiger partial charge < -0.3 is 23.7 Å². The lowest BCUT2D eigenvalue weighted by Crippen LogP contribution is -2.26. The van der Waals surface area contributed by atoms with Gasteiger partial charge in [-0.1, -0.05) is 0 Å². The summed E-state index contributed by atoms with van der Waals surface area (Å²) in [4.78, 5) is 34.1. The van der Waals surface area contributed by atoms with E-state index in [0.717, 1.165) is 49.4 Å². The zero-order valence-electron chi connectivity index (χ0n) is 38.3. The van der Waals surface area contributed by atoms with Crippen LogP contribution in [-0.4, -0.2) is 22.8 Å². The molecule has 0 bridgehead atoms. The summed E-state index contributed by atoms with van der Waals surface area (Å²) in [6, 6.07) is 10.4. The van der Waals surface area contributed by atoms with E-state index in [0.29, 0.717) is 36.4 Å². The van der Waals surface area contributed by atoms with Crippen molar-refractivity contribution in [2.45, 2.75) is 63.9 Å². The predicted molar refractivity (Wildman–Crippen MR) is 226 cm³/mol. The molecule has 7 aromatic rings. The molecule has 0 saturated heterocycles. The van der Waals surface area contributed by atoms with Gasteiger partial charge in [-0.05, 0) is 123 Å². The first-order valence-corrected chi connectivity index (χ1v) is 20.8. The van der Waals surface area contributed by atoms with Crippen LogP contribution in [-0.2, 0) is 37.1 Å². The lowest BCUT2D eigenvalue weighted by atomic mass is 10.0. The van der Waals surface area contributed by atoms with E-state index in [4.69, 9.17) is 18.4 Å². The van der Waals surface area contributed by atoms with Crippen LogP contribution >= 0.6 is 0 Å². The lowest BCUT2D eigenvalue weighted by molar-refractivity contribution is -0.144. The Balaban J connectivity index is 0.000000220. The maximum Gasteiger partial charge on any atom is 0.416 e. The lowest BCUT2D eigenvalue weighted by Gasteiger charge is -2.15. The third kappa shape index (κ3) is 15.3. The van der Waals surface area contributed by atoms with E-state index in [9.17, 15) is 102 Å². The molecule has 1 atom stereocenters. The van der Waals surface area contributed by atoms with Crippen LogP contribution in [0.3, 0.4) is 0 Å². The molecular weight excluding hydrogens is 1090 g/mol. The number of carbonyl (C=O) groups excluding carboxylic acids is 2. The molecule has 3 heterocycles. The maximum absolute atomic E-state index is 13.8. The number of halogens is 20. The van der Waals surface area contributed by atoms with E-state index in [-0.39, 0.29) is 40.8 Å². The molecule has 3 aromatic heterocycles. The highest BCUT2D eigenvalue weighted by Gasteiger charge is 2.40. The van der Waals surface area contributed by atoms with Gasteiger partial charge in [-0.25, -0.2) is 13.6 Å². The smallest absolute Gasteiger partial charge is 0.416 e. The van der Waals surface area contributed by atoms with Crippen LogP contribution in [0.5, 0.6) is 0 Å². The SMILES string of the molecule is CC(=O)c1ccc(-c2cc(C(F)(F)F)cc(C(F)(F)F)c2)o1.Cc1c(F)cc([C@@H](C)NC(=O)c2ccc(-c3cc(C(F)(F)F)cc(C(F)(F)F)c3)o2)cc1F.O=C(O)c1ccc(-c2cc(C(F)(F)F)cc(C(F)(F)F)c2)o1. The zero-order chi connectivity index (χ0) is 58.1. The Morgan fingerprint density at radius 2 is 0.714 bits per heavy atom. The molecule has 0 aliphatic heterocycles. The van der Waals surface area contributed by atoms with Gasteiger partial charge in [0.2, 0.25) is 5.76 Å². The van der Waals surface area contributed by atoms with Crippen molar-refractivity contribution in [2.24, 2.45) is 0 Å². The molecule has 0 unspecified atom stereocenters. The van der Waals surface area contributed by atoms with Crippen molar-refractivity contribution in [1.29, 1.82) is 0 Å². The van der Waals surface area contributed by atoms with Gasteiger partial charge in [0.05, 0.1) is 39.4 Å². The largest absolute Gasteiger partial charge is 0.475 e. The number of carboxylic acid groups (broad SMARTS) is 1. The molecule has 7 rings (SSSR count). The van der Waals surface area contributed by atoms with Crippen LogP contribution in [0.1, 0.15) is 96.1 Å². The topological polar surface area (TPSA) is 123 Å². The van der Waals surface area contributed by atoms with Crippen molar-refractivity contribution in [1.82, 2.24) is 5.32 Å². The third-order valence-corrected chi connectivity index (χ3v) is 10.4. The van der Waals surface area contributed by atoms with Crippen LogP contribution in [0.15, 0.2) is 116 Å². The summed E-state index contributed by atoms with van der Waals surface area (Å²) in [6.45, 7) is 3.82. The van der Waals surface area contributed by atoms with E-state index < -0.39 is 146 Å². The van der Waals surface area contributed by atoms with Crippen molar-refractivity contribution in [3.8, 4) is 34.0 Å². The fourth-order valence-corrected chi connectivity index (χ4v) is 6.46. The van der Waals surface area contributed by atoms with Crippen molar-refractivity contribution >= 4 is 17.7 Å². The quantitative estimate of drug-likeness (QED) is 0.115. The minimum Gasteiger partial charge on any atom is -0.475 e. The van der Waals surface area contributed by atoms with Gasteiger partial charge in [0.25, 0.3) is 5.91 Å². The average Bonchev–Trinajstić information content (AvgIpc) is 4.12. The average molecular weight is 1120 g/mol. The van der Waals surface area contributed by atoms with Gasteiger partial charge in [0, 0.05) is 29.2 Å². The van der Waals surface area contributed by atoms with Gasteiger partial charge in [0.15, 0.2) is 17.3 Å². The van der Waals surface area contributed by atoms with Crippen LogP contribution < -0.4 is 5.32 Å². The molecule has 77 heavy (non-hydrogen) atoms. The molecule has 2 N–H and O–H groups in total. The summed E-state index contributed by atoms with van der Waals surface area (Å²) in [7, 11) is 0. The second kappa shape index (κ2) is 21.9. The normalized spacial score (nSPS) is 12.8. The number of benzene rings is 4. The molecule has 0 radical (unpaired) electrons. The fourth-order valence-electron chi connectivity index (χ4n) is 6.46. The number of ketones is 1. The highest BCUT2D eigenvalue weighted by Crippen LogP contribution is 2.42. The Morgan fingerprint density at radius 1 is 0.442 bits per heavy atom. The van der Waals surface area contributed by atoms with Crippen molar-refractivity contribution in [2.75, 3.05) is 0 Å². The number of hydrogen-bond donors (Lipinski definition) is 2. The van der Waals surface area contributed by atoms with E-state index in [1.807, 2.05) is 0 Å². The molecule has 28 heteroatoms. The van der Waals surface area contributed by atoms with Crippen molar-refractivity contribution in [3.05, 3.63) is 177 Å². The molecule has 412 valence electrons. The second-order valence-corrected chi connectivity index (χ2v) is 16.0. The first kappa shape index (κ1) is 59.8. The molecule has 0 spiro atoms. The number of amides is 1. The molecule has 0 saturated carbocycles. The zero-order valence-corrected chi connectivity index (χ0v) is 38.3. The Hall–Kier alpha value is -8.07. The summed E-state index contributed by atoms with van der Waals surface area (Å²) in [5, 5.41) is 11.1. The highest BCUT2D eigenvalue weighted by molar-refractivity contribution is 5.92. The third-order valence-electron chi connectivity index (χ3n) is 10.4. The summed E-state index contributed by atoms with van der Waals surface area (Å²) >= 11 is 0. The number of nitrogens with one attached hydrogen (secondary N) is 1. The number of rotatable bonds is 8. The van der Waals surface area contributed by atoms with Gasteiger partial charge in [-0.3, -0.25) is 9.59 Å². The van der Waals surface area contributed by atoms with Crippen molar-refractivity contribution in [3.63, 3.8) is 0 Å². The number of hydrogen-bond acceptors (Lipinski definition) is 6. The van der Waals surface area contributed by atoms with E-state index in [1.165, 1.54) is 19.9 Å². The fraction of sp³-hybridized carbons (Fsp3) is 0.204. The van der Waals surface area contributed by atoms with Crippen LogP contribution in [0.25, 0.3) is 34.0 Å². The monoisotopic (exact) mass is 1120 g/mol. The van der Waals surface area contributed by atoms with Crippen molar-refractivity contribution < 1.29 is 121 Å². The summed E-state index contributed by atoms with van der Waals surface area (Å²) in [6.07, 6.45) is -29.9. The van der Waals surface area contributed by atoms with E-state index in [2.05, 4.69) is 5.32 Å². The summed E-state index contributed by atoms with van der Waals surface area (Å²) < 4.78 is 273. The minimum absolute atomic E-state index is 0.0233. The van der Waals surface area contributed by atoms with Crippen LogP contribution in [0, 0.1) is 18.6 Å². The Bertz CT molecular complexity index is 3050. The van der Waals surface area contributed by atoms with Crippen LogP contribution in [0.4, 0.5) is 87.8 Å². The van der Waals surface area contributed by atoms with E-state index >= 15 is 0 Å². The number of aromatic carboxylic acids is 1. The maximum atomic E-state index is 13.8. The summed E-state index contributed by atoms with van der Waals surface area (Å²) in [5.74, 6) is -6.75. The number of carboxylic acids is 1. The highest BCUT2D eigenvalue weighted by atomic mass is 19.4. The second-order valence-electron chi connectivity index (χ2n) is 16.0. The molecule has 0 fully saturated rings. The standard InChI is InChI=1S/C22H15F8NO2.C14H8F6O2.C13H6F6O3/c1-10-16(23)7-12(8-17(10)24)11(2)31-20(32)19-4-3-18(33-19)13-5-14(21(25,26)27)9-15(6-13)22(28,29)30;1-7(21)11-2-3-12(22-11)8-4-9(13(15,16)17)6-10(5-8)14(18,19)20;14-12(15,16)7-3-6(4-8(5-7)13(17,18)19)9-1-2-10(22-9)11(20)21/h3-9,11H,1-2H3,(H,31,32);2-6H,1H3;1-5H,(H,20,21)/t11-;;/m1../s1. The Morgan fingerprint density at radius 3 is 0.974 bits per heavy atom. The molecule has 0 aliphatic rings. The minimum atomic E-state index is -5.04. The van der Waals surface area contributed by atoms with E-state index in [1.54, 1.807) is 0 Å². The Labute approximate surface area is 417 Å². The number of alkyl halides is 18.